The van der Waals surface area contributed by atoms with E-state index in [0.717, 1.165) is 0 Å². The molecule has 0 fully saturated rings. The molecule has 0 aromatic heterocycles. The van der Waals surface area contributed by atoms with Gasteiger partial charge in [0.05, 0.1) is 0 Å². The second kappa shape index (κ2) is 7.17. The quantitative estimate of drug-likeness (QED) is 0.611. The first kappa shape index (κ1) is 16.2. The number of hydrogen-bond donors (Lipinski definition) is 0. The average molecular weight is 301 g/mol. The van der Waals surface area contributed by atoms with Crippen LogP contribution in [-0.2, 0) is 5.75 Å². The highest BCUT2D eigenvalue weighted by Crippen LogP contribution is 2.50. The van der Waals surface area contributed by atoms with Gasteiger partial charge in [0, 0.05) is 5.75 Å². The normalized spacial score (nSPS) is 12.4. The SMILES string of the molecule is CCS(CC)(CC)Cc1ccc(-c2ccc(C)cc2)cc1. The van der Waals surface area contributed by atoms with E-state index in [2.05, 4.69) is 76.2 Å². The highest BCUT2D eigenvalue weighted by molar-refractivity contribution is 8.33. The molecule has 0 nitrogen and oxygen atoms in total. The predicted molar refractivity (Wildman–Crippen MR) is 99.5 cm³/mol. The van der Waals surface area contributed by atoms with E-state index in [9.17, 15) is 0 Å². The fourth-order valence-electron chi connectivity index (χ4n) is 2.81. The highest BCUT2D eigenvalue weighted by Gasteiger charge is 2.17. The summed E-state index contributed by atoms with van der Waals surface area (Å²) in [6.07, 6.45) is 0. The number of aryl methyl sites for hydroxylation is 1. The zero-order valence-electron chi connectivity index (χ0n) is 13.9. The lowest BCUT2D eigenvalue weighted by Gasteiger charge is -2.37. The van der Waals surface area contributed by atoms with Crippen molar-refractivity contribution < 1.29 is 0 Å². The molecule has 0 radical (unpaired) electrons. The zero-order chi connectivity index (χ0) is 15.3. The minimum Gasteiger partial charge on any atom is -0.238 e. The smallest absolute Gasteiger partial charge is 0.00249 e. The summed E-state index contributed by atoms with van der Waals surface area (Å²) in [5, 5.41) is 0. The molecule has 0 aliphatic heterocycles. The lowest BCUT2D eigenvalue weighted by atomic mass is 10.0. The van der Waals surface area contributed by atoms with E-state index in [1.54, 1.807) is 0 Å². The van der Waals surface area contributed by atoms with Crippen LogP contribution in [0.4, 0.5) is 0 Å². The molecule has 0 aliphatic rings. The molecule has 2 aromatic carbocycles. The first-order chi connectivity index (χ1) is 10.1. The number of rotatable bonds is 6. The molecule has 0 heterocycles. The Labute approximate surface area is 131 Å². The zero-order valence-corrected chi connectivity index (χ0v) is 14.7. The van der Waals surface area contributed by atoms with Gasteiger partial charge in [-0.15, -0.1) is 0 Å². The Morgan fingerprint density at radius 1 is 0.667 bits per heavy atom. The van der Waals surface area contributed by atoms with Crippen LogP contribution >= 0.6 is 10.0 Å². The minimum atomic E-state index is -0.446. The molecule has 0 unspecified atom stereocenters. The fraction of sp³-hybridized carbons (Fsp3) is 0.400. The minimum absolute atomic E-state index is 0.446. The summed E-state index contributed by atoms with van der Waals surface area (Å²) in [7, 11) is -0.446. The van der Waals surface area contributed by atoms with Crippen LogP contribution in [0.15, 0.2) is 48.5 Å². The van der Waals surface area contributed by atoms with Crippen LogP contribution in [-0.4, -0.2) is 17.3 Å². The summed E-state index contributed by atoms with van der Waals surface area (Å²) in [6.45, 7) is 9.23. The maximum Gasteiger partial charge on any atom is 0.00249 e. The number of hydrogen-bond acceptors (Lipinski definition) is 0. The maximum absolute atomic E-state index is 2.36. The molecule has 21 heavy (non-hydrogen) atoms. The van der Waals surface area contributed by atoms with Gasteiger partial charge in [-0.25, -0.2) is 10.0 Å². The molecule has 0 amide bonds. The molecule has 0 N–H and O–H groups in total. The van der Waals surface area contributed by atoms with Gasteiger partial charge in [-0.3, -0.25) is 0 Å². The predicted octanol–water partition coefficient (Wildman–Crippen LogP) is 6.03. The summed E-state index contributed by atoms with van der Waals surface area (Å²) < 4.78 is 0. The van der Waals surface area contributed by atoms with Crippen molar-refractivity contribution in [1.29, 1.82) is 0 Å². The van der Waals surface area contributed by atoms with Gasteiger partial charge >= 0.3 is 0 Å². The molecular formula is C20H28S. The van der Waals surface area contributed by atoms with Gasteiger partial charge in [0.1, 0.15) is 0 Å². The third kappa shape index (κ3) is 3.91. The van der Waals surface area contributed by atoms with Crippen molar-refractivity contribution in [1.82, 2.24) is 0 Å². The molecular weight excluding hydrogens is 272 g/mol. The standard InChI is InChI=1S/C20H28S/c1-5-21(6-2,7-3)16-18-10-14-20(15-11-18)19-12-8-17(4)9-13-19/h8-15H,5-7,16H2,1-4H3. The topological polar surface area (TPSA) is 0 Å². The van der Waals surface area contributed by atoms with Gasteiger partial charge in [-0.2, -0.15) is 0 Å². The van der Waals surface area contributed by atoms with Crippen LogP contribution in [0.25, 0.3) is 11.1 Å². The largest absolute Gasteiger partial charge is 0.238 e. The Bertz CT molecular complexity index is 539. The summed E-state index contributed by atoms with van der Waals surface area (Å²) in [4.78, 5) is 0. The summed E-state index contributed by atoms with van der Waals surface area (Å²) >= 11 is 0. The lowest BCUT2D eigenvalue weighted by molar-refractivity contribution is 1.27. The Morgan fingerprint density at radius 3 is 1.52 bits per heavy atom. The van der Waals surface area contributed by atoms with Gasteiger partial charge in [-0.05, 0) is 40.9 Å². The lowest BCUT2D eigenvalue weighted by Crippen LogP contribution is -2.11. The summed E-state index contributed by atoms with van der Waals surface area (Å²) in [6, 6.07) is 18.0. The van der Waals surface area contributed by atoms with E-state index in [-0.39, 0.29) is 0 Å². The Hall–Kier alpha value is -1.21. The van der Waals surface area contributed by atoms with Crippen LogP contribution in [0.3, 0.4) is 0 Å². The molecule has 0 saturated heterocycles. The summed E-state index contributed by atoms with van der Waals surface area (Å²) in [5.41, 5.74) is 5.46. The number of benzene rings is 2. The van der Waals surface area contributed by atoms with Gasteiger partial charge in [-0.1, -0.05) is 74.9 Å². The average Bonchev–Trinajstić information content (AvgIpc) is 2.54. The van der Waals surface area contributed by atoms with E-state index in [1.165, 1.54) is 45.3 Å². The molecule has 1 heteroatoms. The first-order valence-electron chi connectivity index (χ1n) is 8.02. The van der Waals surface area contributed by atoms with E-state index in [0.29, 0.717) is 0 Å². The molecule has 0 bridgehead atoms. The van der Waals surface area contributed by atoms with Gasteiger partial charge in [0.2, 0.25) is 0 Å². The highest BCUT2D eigenvalue weighted by atomic mass is 32.3. The van der Waals surface area contributed by atoms with Crippen LogP contribution in [0.1, 0.15) is 31.9 Å². The summed E-state index contributed by atoms with van der Waals surface area (Å²) in [5.74, 6) is 5.32. The van der Waals surface area contributed by atoms with Gasteiger partial charge in [0.25, 0.3) is 0 Å². The van der Waals surface area contributed by atoms with Crippen molar-refractivity contribution in [3.63, 3.8) is 0 Å². The van der Waals surface area contributed by atoms with Crippen LogP contribution in [0, 0.1) is 6.92 Å². The van der Waals surface area contributed by atoms with Crippen LogP contribution in [0.2, 0.25) is 0 Å². The van der Waals surface area contributed by atoms with Crippen molar-refractivity contribution >= 4 is 10.0 Å². The van der Waals surface area contributed by atoms with Gasteiger partial charge in [0.15, 0.2) is 0 Å². The molecule has 0 saturated carbocycles. The van der Waals surface area contributed by atoms with E-state index in [4.69, 9.17) is 0 Å². The van der Waals surface area contributed by atoms with Crippen molar-refractivity contribution in [3.05, 3.63) is 59.7 Å². The molecule has 0 spiro atoms. The van der Waals surface area contributed by atoms with Crippen molar-refractivity contribution in [3.8, 4) is 11.1 Å². The van der Waals surface area contributed by atoms with Crippen LogP contribution in [0.5, 0.6) is 0 Å². The van der Waals surface area contributed by atoms with Crippen molar-refractivity contribution in [2.24, 2.45) is 0 Å². The Kier molecular flexibility index (Phi) is 5.52. The molecule has 0 atom stereocenters. The monoisotopic (exact) mass is 300 g/mol. The molecule has 0 aliphatic carbocycles. The Balaban J connectivity index is 2.17. The van der Waals surface area contributed by atoms with E-state index >= 15 is 0 Å². The third-order valence-corrected chi connectivity index (χ3v) is 9.27. The van der Waals surface area contributed by atoms with Crippen LogP contribution < -0.4 is 0 Å². The van der Waals surface area contributed by atoms with E-state index < -0.39 is 10.0 Å². The fourth-order valence-corrected chi connectivity index (χ4v) is 5.55. The Morgan fingerprint density at radius 2 is 1.10 bits per heavy atom. The second-order valence-electron chi connectivity index (χ2n) is 5.80. The van der Waals surface area contributed by atoms with Crippen molar-refractivity contribution in [2.75, 3.05) is 17.3 Å². The molecule has 2 aromatic rings. The first-order valence-corrected chi connectivity index (χ1v) is 10.3. The maximum atomic E-state index is 2.36. The molecule has 2 rings (SSSR count). The van der Waals surface area contributed by atoms with E-state index in [1.807, 2.05) is 0 Å². The van der Waals surface area contributed by atoms with Gasteiger partial charge < -0.3 is 0 Å². The molecule has 114 valence electrons. The second-order valence-corrected chi connectivity index (χ2v) is 10.3. The third-order valence-electron chi connectivity index (χ3n) is 4.65. The van der Waals surface area contributed by atoms with Crippen molar-refractivity contribution in [2.45, 2.75) is 33.4 Å².